The van der Waals surface area contributed by atoms with Crippen LogP contribution in [0, 0.1) is 0 Å². The van der Waals surface area contributed by atoms with E-state index in [0.29, 0.717) is 31.6 Å². The Hall–Kier alpha value is -4.27. The van der Waals surface area contributed by atoms with Crippen LogP contribution >= 0.6 is 0 Å². The van der Waals surface area contributed by atoms with Gasteiger partial charge in [0.2, 0.25) is 5.95 Å². The Labute approximate surface area is 254 Å². The molecule has 2 N–H and O–H groups in total. The second kappa shape index (κ2) is 15.3. The van der Waals surface area contributed by atoms with Crippen molar-refractivity contribution in [3.63, 3.8) is 0 Å². The largest absolute Gasteiger partial charge is 0.497 e. The van der Waals surface area contributed by atoms with Crippen LogP contribution in [0.2, 0.25) is 0 Å². The first kappa shape index (κ1) is 30.2. The third-order valence-corrected chi connectivity index (χ3v) is 7.96. The van der Waals surface area contributed by atoms with Gasteiger partial charge in [0.25, 0.3) is 0 Å². The Morgan fingerprint density at radius 3 is 2.37 bits per heavy atom. The standard InChI is InChI=1S/C34H43N5O4/c1-41-28-17-13-25(14-18-28)24-39-22-21-30-32(35-26-10-6-5-7-11-26)37-34(38-33(30)39)36-27-15-19-29(20-16-27)43-23-9-4-3-8-12-31(40)42-2/h13-22,26H,3-12,23-24H2,1-2H3,(H2,35,36,37,38). The molecular weight excluding hydrogens is 542 g/mol. The van der Waals surface area contributed by atoms with E-state index in [2.05, 4.69) is 44.3 Å². The van der Waals surface area contributed by atoms with Gasteiger partial charge in [-0.1, -0.05) is 44.2 Å². The Kier molecular flexibility index (Phi) is 10.7. The number of hydrogen-bond acceptors (Lipinski definition) is 8. The van der Waals surface area contributed by atoms with Crippen LogP contribution in [0.15, 0.2) is 60.8 Å². The van der Waals surface area contributed by atoms with E-state index >= 15 is 0 Å². The maximum absolute atomic E-state index is 11.2. The quantitative estimate of drug-likeness (QED) is 0.109. The molecule has 1 aliphatic rings. The minimum absolute atomic E-state index is 0.144. The van der Waals surface area contributed by atoms with Crippen molar-refractivity contribution in [3.05, 3.63) is 66.4 Å². The molecule has 5 rings (SSSR count). The number of anilines is 3. The van der Waals surface area contributed by atoms with Gasteiger partial charge in [0.05, 0.1) is 26.2 Å². The molecular formula is C34H43N5O4. The highest BCUT2D eigenvalue weighted by molar-refractivity contribution is 5.89. The predicted molar refractivity (Wildman–Crippen MR) is 170 cm³/mol. The van der Waals surface area contributed by atoms with E-state index in [9.17, 15) is 4.79 Å². The van der Waals surface area contributed by atoms with Crippen LogP contribution in [-0.4, -0.2) is 47.4 Å². The molecule has 0 spiro atoms. The molecule has 4 aromatic rings. The van der Waals surface area contributed by atoms with Gasteiger partial charge in [0.15, 0.2) is 0 Å². The maximum atomic E-state index is 11.2. The summed E-state index contributed by atoms with van der Waals surface area (Å²) in [5.41, 5.74) is 2.95. The molecule has 0 atom stereocenters. The second-order valence-electron chi connectivity index (χ2n) is 11.1. The fraction of sp³-hybridized carbons (Fsp3) is 0.441. The molecule has 9 heteroatoms. The normalized spacial score (nSPS) is 13.5. The number of hydrogen-bond donors (Lipinski definition) is 2. The molecule has 1 saturated carbocycles. The monoisotopic (exact) mass is 585 g/mol. The molecule has 2 heterocycles. The molecule has 0 aliphatic heterocycles. The smallest absolute Gasteiger partial charge is 0.305 e. The minimum atomic E-state index is -0.144. The van der Waals surface area contributed by atoms with Crippen LogP contribution in [0.4, 0.5) is 17.5 Å². The van der Waals surface area contributed by atoms with Gasteiger partial charge in [0, 0.05) is 30.9 Å². The number of esters is 1. The van der Waals surface area contributed by atoms with Crippen LogP contribution in [0.3, 0.4) is 0 Å². The molecule has 0 bridgehead atoms. The van der Waals surface area contributed by atoms with Gasteiger partial charge in [-0.05, 0) is 73.7 Å². The predicted octanol–water partition coefficient (Wildman–Crippen LogP) is 7.48. The summed E-state index contributed by atoms with van der Waals surface area (Å²) in [5.74, 6) is 2.96. The number of rotatable bonds is 15. The van der Waals surface area contributed by atoms with E-state index in [0.717, 1.165) is 72.6 Å². The lowest BCUT2D eigenvalue weighted by Gasteiger charge is -2.24. The number of carbonyl (C=O) groups excluding carboxylic acids is 1. The maximum Gasteiger partial charge on any atom is 0.305 e. The van der Waals surface area contributed by atoms with Crippen molar-refractivity contribution in [2.45, 2.75) is 76.8 Å². The first-order chi connectivity index (χ1) is 21.1. The minimum Gasteiger partial charge on any atom is -0.497 e. The van der Waals surface area contributed by atoms with Gasteiger partial charge in [-0.25, -0.2) is 0 Å². The van der Waals surface area contributed by atoms with Crippen LogP contribution in [-0.2, 0) is 16.1 Å². The van der Waals surface area contributed by atoms with Crippen LogP contribution in [0.25, 0.3) is 11.0 Å². The third-order valence-electron chi connectivity index (χ3n) is 7.96. The highest BCUT2D eigenvalue weighted by atomic mass is 16.5. The van der Waals surface area contributed by atoms with E-state index < -0.39 is 0 Å². The van der Waals surface area contributed by atoms with Crippen molar-refractivity contribution in [1.29, 1.82) is 0 Å². The Morgan fingerprint density at radius 2 is 1.63 bits per heavy atom. The fourth-order valence-electron chi connectivity index (χ4n) is 5.51. The lowest BCUT2D eigenvalue weighted by atomic mass is 9.95. The molecule has 0 radical (unpaired) electrons. The van der Waals surface area contributed by atoms with E-state index in [1.165, 1.54) is 31.9 Å². The highest BCUT2D eigenvalue weighted by Gasteiger charge is 2.18. The van der Waals surface area contributed by atoms with Crippen molar-refractivity contribution in [2.75, 3.05) is 31.5 Å². The summed E-state index contributed by atoms with van der Waals surface area (Å²) in [6.07, 6.45) is 12.5. The van der Waals surface area contributed by atoms with Crippen molar-refractivity contribution in [2.24, 2.45) is 0 Å². The van der Waals surface area contributed by atoms with Crippen LogP contribution in [0.5, 0.6) is 11.5 Å². The lowest BCUT2D eigenvalue weighted by molar-refractivity contribution is -0.140. The number of methoxy groups -OCH3 is 2. The first-order valence-electron chi connectivity index (χ1n) is 15.4. The molecule has 43 heavy (non-hydrogen) atoms. The number of unbranched alkanes of at least 4 members (excludes halogenated alkanes) is 3. The van der Waals surface area contributed by atoms with Gasteiger partial charge >= 0.3 is 5.97 Å². The summed E-state index contributed by atoms with van der Waals surface area (Å²) in [6, 6.07) is 18.6. The zero-order valence-electron chi connectivity index (χ0n) is 25.3. The molecule has 228 valence electrons. The second-order valence-corrected chi connectivity index (χ2v) is 11.1. The summed E-state index contributed by atoms with van der Waals surface area (Å²) in [6.45, 7) is 1.34. The SMILES string of the molecule is COC(=O)CCCCCCOc1ccc(Nc2nc(NC3CCCCC3)c3ccn(Cc4ccc(OC)cc4)c3n2)cc1. The molecule has 2 aromatic heterocycles. The van der Waals surface area contributed by atoms with Crippen LogP contribution in [0.1, 0.15) is 69.8 Å². The zero-order chi connectivity index (χ0) is 29.9. The summed E-state index contributed by atoms with van der Waals surface area (Å²) < 4.78 is 18.1. The average Bonchev–Trinajstić information content (AvgIpc) is 3.44. The molecule has 1 aliphatic carbocycles. The molecule has 0 amide bonds. The van der Waals surface area contributed by atoms with Crippen molar-refractivity contribution >= 4 is 34.5 Å². The molecule has 1 fully saturated rings. The summed E-state index contributed by atoms with van der Waals surface area (Å²) in [4.78, 5) is 21.1. The number of aromatic nitrogens is 3. The Morgan fingerprint density at radius 1 is 0.884 bits per heavy atom. The molecule has 0 unspecified atom stereocenters. The first-order valence-corrected chi connectivity index (χ1v) is 15.4. The van der Waals surface area contributed by atoms with Crippen molar-refractivity contribution < 1.29 is 19.0 Å². The Bertz CT molecular complexity index is 1450. The summed E-state index contributed by atoms with van der Waals surface area (Å²) >= 11 is 0. The average molecular weight is 586 g/mol. The van der Waals surface area contributed by atoms with Crippen LogP contribution < -0.4 is 20.1 Å². The number of ether oxygens (including phenoxy) is 3. The number of benzene rings is 2. The van der Waals surface area contributed by atoms with Gasteiger partial charge < -0.3 is 29.4 Å². The van der Waals surface area contributed by atoms with E-state index in [-0.39, 0.29) is 5.97 Å². The van der Waals surface area contributed by atoms with E-state index in [1.807, 2.05) is 36.4 Å². The fourth-order valence-corrected chi connectivity index (χ4v) is 5.51. The number of nitrogens with one attached hydrogen (secondary N) is 2. The van der Waals surface area contributed by atoms with Gasteiger partial charge in [-0.2, -0.15) is 9.97 Å². The highest BCUT2D eigenvalue weighted by Crippen LogP contribution is 2.29. The van der Waals surface area contributed by atoms with Crippen molar-refractivity contribution in [3.8, 4) is 11.5 Å². The van der Waals surface area contributed by atoms with E-state index in [4.69, 9.17) is 19.4 Å². The van der Waals surface area contributed by atoms with Crippen molar-refractivity contribution in [1.82, 2.24) is 14.5 Å². The van der Waals surface area contributed by atoms with Gasteiger partial charge in [0.1, 0.15) is 23.0 Å². The molecule has 2 aromatic carbocycles. The lowest BCUT2D eigenvalue weighted by Crippen LogP contribution is -2.23. The third kappa shape index (κ3) is 8.63. The Balaban J connectivity index is 1.25. The molecule has 0 saturated heterocycles. The number of fused-ring (bicyclic) bond motifs is 1. The number of carbonyl (C=O) groups is 1. The molecule has 9 nitrogen and oxygen atoms in total. The summed E-state index contributed by atoms with van der Waals surface area (Å²) in [7, 11) is 3.11. The zero-order valence-corrected chi connectivity index (χ0v) is 25.3. The number of nitrogens with zero attached hydrogens (tertiary/aromatic N) is 3. The summed E-state index contributed by atoms with van der Waals surface area (Å²) in [5, 5.41) is 8.18. The van der Waals surface area contributed by atoms with E-state index in [1.54, 1.807) is 7.11 Å². The van der Waals surface area contributed by atoms with Gasteiger partial charge in [-0.15, -0.1) is 0 Å². The van der Waals surface area contributed by atoms with Gasteiger partial charge in [-0.3, -0.25) is 4.79 Å². The topological polar surface area (TPSA) is 99.5 Å².